The van der Waals surface area contributed by atoms with Crippen molar-refractivity contribution in [2.75, 3.05) is 13.1 Å². The van der Waals surface area contributed by atoms with Crippen LogP contribution in [0.1, 0.15) is 5.76 Å². The van der Waals surface area contributed by atoms with E-state index < -0.39 is 0 Å². The van der Waals surface area contributed by atoms with E-state index in [4.69, 9.17) is 20.8 Å². The molecule has 4 heteroatoms. The van der Waals surface area contributed by atoms with Gasteiger partial charge in [0, 0.05) is 13.1 Å². The van der Waals surface area contributed by atoms with Gasteiger partial charge in [0.05, 0.1) is 17.8 Å². The molecule has 2 aromatic rings. The summed E-state index contributed by atoms with van der Waals surface area (Å²) in [5.74, 6) is 1.76. The Labute approximate surface area is 111 Å². The minimum absolute atomic E-state index is 0.222. The smallest absolute Gasteiger partial charge is 0.138 e. The lowest BCUT2D eigenvalue weighted by molar-refractivity contribution is 0.0108. The highest BCUT2D eigenvalue weighted by atomic mass is 35.5. The van der Waals surface area contributed by atoms with Gasteiger partial charge in [-0.3, -0.25) is 4.90 Å². The Morgan fingerprint density at radius 3 is 2.78 bits per heavy atom. The van der Waals surface area contributed by atoms with Crippen molar-refractivity contribution in [3.63, 3.8) is 0 Å². The predicted octanol–water partition coefficient (Wildman–Crippen LogP) is 3.20. The number of halogens is 1. The molecule has 0 amide bonds. The molecule has 0 bridgehead atoms. The summed E-state index contributed by atoms with van der Waals surface area (Å²) in [7, 11) is 0. The molecular weight excluding hydrogens is 250 g/mol. The Morgan fingerprint density at radius 1 is 1.22 bits per heavy atom. The van der Waals surface area contributed by atoms with E-state index in [-0.39, 0.29) is 6.10 Å². The summed E-state index contributed by atoms with van der Waals surface area (Å²) in [6.45, 7) is 2.66. The van der Waals surface area contributed by atoms with Crippen molar-refractivity contribution in [1.29, 1.82) is 0 Å². The van der Waals surface area contributed by atoms with Gasteiger partial charge in [-0.1, -0.05) is 23.7 Å². The number of hydrogen-bond donors (Lipinski definition) is 0. The summed E-state index contributed by atoms with van der Waals surface area (Å²) >= 11 is 6.05. The van der Waals surface area contributed by atoms with E-state index in [1.165, 1.54) is 0 Å². The number of hydrogen-bond acceptors (Lipinski definition) is 3. The van der Waals surface area contributed by atoms with E-state index in [0.717, 1.165) is 31.1 Å². The highest BCUT2D eigenvalue weighted by Crippen LogP contribution is 2.26. The fraction of sp³-hybridized carbons (Fsp3) is 0.286. The van der Waals surface area contributed by atoms with Crippen LogP contribution >= 0.6 is 11.6 Å². The van der Waals surface area contributed by atoms with Gasteiger partial charge in [0.15, 0.2) is 0 Å². The summed E-state index contributed by atoms with van der Waals surface area (Å²) in [5.41, 5.74) is 0. The SMILES string of the molecule is Clc1ccccc1OC1CN(Cc2ccco2)C1. The van der Waals surface area contributed by atoms with Gasteiger partial charge in [0.2, 0.25) is 0 Å². The molecule has 1 aromatic heterocycles. The van der Waals surface area contributed by atoms with Gasteiger partial charge in [-0.05, 0) is 24.3 Å². The number of benzene rings is 1. The molecule has 0 atom stereocenters. The fourth-order valence-corrected chi connectivity index (χ4v) is 2.25. The van der Waals surface area contributed by atoms with Crippen molar-refractivity contribution in [2.24, 2.45) is 0 Å². The Kier molecular flexibility index (Phi) is 3.26. The zero-order valence-electron chi connectivity index (χ0n) is 9.88. The van der Waals surface area contributed by atoms with E-state index in [1.807, 2.05) is 36.4 Å². The summed E-state index contributed by atoms with van der Waals surface area (Å²) in [6, 6.07) is 11.5. The van der Waals surface area contributed by atoms with E-state index in [1.54, 1.807) is 6.26 Å². The predicted molar refractivity (Wildman–Crippen MR) is 69.9 cm³/mol. The van der Waals surface area contributed by atoms with Gasteiger partial charge in [0.1, 0.15) is 17.6 Å². The molecule has 94 valence electrons. The lowest BCUT2D eigenvalue weighted by Crippen LogP contribution is -2.53. The third-order valence-electron chi connectivity index (χ3n) is 3.01. The van der Waals surface area contributed by atoms with Crippen molar-refractivity contribution >= 4 is 11.6 Å². The average molecular weight is 264 g/mol. The van der Waals surface area contributed by atoms with E-state index in [2.05, 4.69) is 4.90 Å². The first-order chi connectivity index (χ1) is 8.81. The third-order valence-corrected chi connectivity index (χ3v) is 3.33. The summed E-state index contributed by atoms with van der Waals surface area (Å²) in [6.07, 6.45) is 1.92. The standard InChI is InChI=1S/C14H14ClNO2/c15-13-5-1-2-6-14(13)18-12-9-16(10-12)8-11-4-3-7-17-11/h1-7,12H,8-10H2. The first-order valence-corrected chi connectivity index (χ1v) is 6.35. The molecule has 3 nitrogen and oxygen atoms in total. The van der Waals surface area contributed by atoms with Crippen molar-refractivity contribution in [3.05, 3.63) is 53.4 Å². The molecule has 0 radical (unpaired) electrons. The average Bonchev–Trinajstić information content (AvgIpc) is 2.81. The van der Waals surface area contributed by atoms with E-state index in [9.17, 15) is 0 Å². The molecule has 0 saturated carbocycles. The Balaban J connectivity index is 1.49. The van der Waals surface area contributed by atoms with Crippen LogP contribution in [0.2, 0.25) is 5.02 Å². The molecule has 1 aromatic carbocycles. The topological polar surface area (TPSA) is 25.6 Å². The maximum absolute atomic E-state index is 6.05. The zero-order chi connectivity index (χ0) is 12.4. The third kappa shape index (κ3) is 2.52. The minimum atomic E-state index is 0.222. The van der Waals surface area contributed by atoms with Gasteiger partial charge < -0.3 is 9.15 Å². The van der Waals surface area contributed by atoms with Crippen molar-refractivity contribution in [2.45, 2.75) is 12.6 Å². The number of nitrogens with zero attached hydrogens (tertiary/aromatic N) is 1. The Morgan fingerprint density at radius 2 is 2.06 bits per heavy atom. The van der Waals surface area contributed by atoms with Crippen LogP contribution in [-0.2, 0) is 6.54 Å². The van der Waals surface area contributed by atoms with Gasteiger partial charge in [-0.15, -0.1) is 0 Å². The monoisotopic (exact) mass is 263 g/mol. The Hall–Kier alpha value is -1.45. The molecule has 1 aliphatic heterocycles. The highest BCUT2D eigenvalue weighted by molar-refractivity contribution is 6.32. The van der Waals surface area contributed by atoms with Gasteiger partial charge >= 0.3 is 0 Å². The number of rotatable bonds is 4. The fourth-order valence-electron chi connectivity index (χ4n) is 2.07. The molecule has 0 aliphatic carbocycles. The molecule has 0 spiro atoms. The Bertz CT molecular complexity index is 506. The normalized spacial score (nSPS) is 16.5. The molecule has 18 heavy (non-hydrogen) atoms. The second-order valence-corrected chi connectivity index (χ2v) is 4.85. The van der Waals surface area contributed by atoms with Crippen LogP contribution in [0.3, 0.4) is 0 Å². The number of furan rings is 1. The largest absolute Gasteiger partial charge is 0.486 e. The summed E-state index contributed by atoms with van der Waals surface area (Å²) in [5, 5.41) is 0.669. The lowest BCUT2D eigenvalue weighted by atomic mass is 10.1. The van der Waals surface area contributed by atoms with Gasteiger partial charge in [-0.25, -0.2) is 0 Å². The molecule has 1 saturated heterocycles. The zero-order valence-corrected chi connectivity index (χ0v) is 10.6. The second kappa shape index (κ2) is 5.04. The van der Waals surface area contributed by atoms with Crippen LogP contribution in [-0.4, -0.2) is 24.1 Å². The highest BCUT2D eigenvalue weighted by Gasteiger charge is 2.29. The number of para-hydroxylation sites is 1. The van der Waals surface area contributed by atoms with E-state index >= 15 is 0 Å². The van der Waals surface area contributed by atoms with Crippen LogP contribution in [0.25, 0.3) is 0 Å². The summed E-state index contributed by atoms with van der Waals surface area (Å²) < 4.78 is 11.1. The molecule has 1 aliphatic rings. The molecule has 2 heterocycles. The lowest BCUT2D eigenvalue weighted by Gasteiger charge is -2.38. The molecule has 0 N–H and O–H groups in total. The van der Waals surface area contributed by atoms with Gasteiger partial charge in [0.25, 0.3) is 0 Å². The van der Waals surface area contributed by atoms with Crippen LogP contribution in [0.15, 0.2) is 47.1 Å². The van der Waals surface area contributed by atoms with Crippen molar-refractivity contribution < 1.29 is 9.15 Å². The second-order valence-electron chi connectivity index (χ2n) is 4.44. The molecule has 3 rings (SSSR count). The van der Waals surface area contributed by atoms with Crippen LogP contribution in [0.5, 0.6) is 5.75 Å². The van der Waals surface area contributed by atoms with Crippen molar-refractivity contribution in [1.82, 2.24) is 4.90 Å². The maximum atomic E-state index is 6.05. The van der Waals surface area contributed by atoms with Crippen molar-refractivity contribution in [3.8, 4) is 5.75 Å². The molecular formula is C14H14ClNO2. The van der Waals surface area contributed by atoms with E-state index in [0.29, 0.717) is 5.02 Å². The van der Waals surface area contributed by atoms with Crippen LogP contribution in [0, 0.1) is 0 Å². The minimum Gasteiger partial charge on any atom is -0.486 e. The maximum Gasteiger partial charge on any atom is 0.138 e. The first-order valence-electron chi connectivity index (χ1n) is 5.97. The van der Waals surface area contributed by atoms with Crippen LogP contribution < -0.4 is 4.74 Å². The first kappa shape index (κ1) is 11.6. The van der Waals surface area contributed by atoms with Gasteiger partial charge in [-0.2, -0.15) is 0 Å². The number of likely N-dealkylation sites (tertiary alicyclic amines) is 1. The summed E-state index contributed by atoms with van der Waals surface area (Å²) in [4.78, 5) is 2.28. The molecule has 1 fully saturated rings. The quantitative estimate of drug-likeness (QED) is 0.847. The number of ether oxygens (including phenoxy) is 1. The van der Waals surface area contributed by atoms with Crippen LogP contribution in [0.4, 0.5) is 0 Å². The molecule has 0 unspecified atom stereocenters.